The van der Waals surface area contributed by atoms with Crippen molar-refractivity contribution in [2.24, 2.45) is 0 Å². The van der Waals surface area contributed by atoms with Gasteiger partial charge in [0, 0.05) is 21.3 Å². The van der Waals surface area contributed by atoms with Crippen molar-refractivity contribution in [2.45, 2.75) is 31.7 Å². The summed E-state index contributed by atoms with van der Waals surface area (Å²) >= 11 is 0. The molecule has 0 aliphatic carbocycles. The molecule has 0 radical (unpaired) electrons. The molecule has 124 valence electrons. The van der Waals surface area contributed by atoms with Crippen molar-refractivity contribution < 1.29 is 33.2 Å². The summed E-state index contributed by atoms with van der Waals surface area (Å²) in [6.07, 6.45) is 3.29. The number of hydrogen-bond acceptors (Lipinski definition) is 7. The van der Waals surface area contributed by atoms with E-state index in [0.29, 0.717) is 12.7 Å². The molecular weight excluding hydrogens is 280 g/mol. The second kappa shape index (κ2) is 14.1. The monoisotopic (exact) mass is 306 g/mol. The molecule has 0 rings (SSSR count). The summed E-state index contributed by atoms with van der Waals surface area (Å²) in [6, 6.07) is 0. The molecule has 0 amide bonds. The third-order valence-corrected chi connectivity index (χ3v) is 2.64. The third-order valence-electron chi connectivity index (χ3n) is 2.64. The Morgan fingerprint density at radius 3 is 2.05 bits per heavy atom. The quantitative estimate of drug-likeness (QED) is 0.270. The van der Waals surface area contributed by atoms with E-state index >= 15 is 0 Å². The van der Waals surface area contributed by atoms with Crippen LogP contribution in [0.3, 0.4) is 0 Å². The number of aldehydes is 1. The second-order valence-electron chi connectivity index (χ2n) is 4.23. The largest absolute Gasteiger partial charge is 0.359 e. The van der Waals surface area contributed by atoms with Crippen LogP contribution in [0.1, 0.15) is 13.3 Å². The van der Waals surface area contributed by atoms with Gasteiger partial charge in [0.1, 0.15) is 32.8 Å². The molecule has 0 aromatic rings. The highest BCUT2D eigenvalue weighted by Crippen LogP contribution is 2.16. The molecule has 3 atom stereocenters. The maximum absolute atomic E-state index is 10.4. The standard InChI is InChI=1S/C14H26O7/c1-12(19-9-16-2)14(21-11-18-4)13(20-10-17-3)7-5-6-8-15/h5-6,8,12-14H,7,9-11H2,1-4H3/b6-5+/t12-,13-,14-/m1/s1. The van der Waals surface area contributed by atoms with Crippen LogP contribution in [0.5, 0.6) is 0 Å². The molecule has 0 spiro atoms. The number of carbonyl (C=O) groups is 1. The summed E-state index contributed by atoms with van der Waals surface area (Å²) in [7, 11) is 4.62. The van der Waals surface area contributed by atoms with Crippen molar-refractivity contribution in [3.63, 3.8) is 0 Å². The van der Waals surface area contributed by atoms with Gasteiger partial charge in [-0.2, -0.15) is 0 Å². The van der Waals surface area contributed by atoms with Crippen LogP contribution in [-0.4, -0.2) is 66.3 Å². The third kappa shape index (κ3) is 9.67. The predicted molar refractivity (Wildman–Crippen MR) is 75.7 cm³/mol. The second-order valence-corrected chi connectivity index (χ2v) is 4.23. The van der Waals surface area contributed by atoms with Crippen LogP contribution >= 0.6 is 0 Å². The Kier molecular flexibility index (Phi) is 13.6. The van der Waals surface area contributed by atoms with Gasteiger partial charge in [-0.05, 0) is 19.4 Å². The topological polar surface area (TPSA) is 72.5 Å². The highest BCUT2D eigenvalue weighted by Gasteiger charge is 2.29. The maximum Gasteiger partial charge on any atom is 0.146 e. The van der Waals surface area contributed by atoms with E-state index in [1.807, 2.05) is 6.92 Å². The summed E-state index contributed by atoms with van der Waals surface area (Å²) in [4.78, 5) is 10.4. The van der Waals surface area contributed by atoms with E-state index in [1.165, 1.54) is 20.3 Å². The minimum absolute atomic E-state index is 0.107. The van der Waals surface area contributed by atoms with Gasteiger partial charge in [-0.3, -0.25) is 4.79 Å². The fraction of sp³-hybridized carbons (Fsp3) is 0.786. The van der Waals surface area contributed by atoms with Gasteiger partial charge in [0.2, 0.25) is 0 Å². The van der Waals surface area contributed by atoms with Gasteiger partial charge in [0.25, 0.3) is 0 Å². The maximum atomic E-state index is 10.4. The first-order valence-corrected chi connectivity index (χ1v) is 6.63. The zero-order chi connectivity index (χ0) is 15.9. The first kappa shape index (κ1) is 20.2. The van der Waals surface area contributed by atoms with Crippen molar-refractivity contribution >= 4 is 6.29 Å². The van der Waals surface area contributed by atoms with E-state index in [9.17, 15) is 4.79 Å². The number of carbonyl (C=O) groups excluding carboxylic acids is 1. The Labute approximate surface area is 126 Å². The lowest BCUT2D eigenvalue weighted by Crippen LogP contribution is -2.42. The van der Waals surface area contributed by atoms with Gasteiger partial charge in [-0.25, -0.2) is 0 Å². The molecule has 21 heavy (non-hydrogen) atoms. The first-order chi connectivity index (χ1) is 10.2. The molecule has 0 aromatic carbocycles. The molecule has 0 unspecified atom stereocenters. The highest BCUT2D eigenvalue weighted by molar-refractivity contribution is 5.64. The number of rotatable bonds is 14. The zero-order valence-corrected chi connectivity index (χ0v) is 13.2. The lowest BCUT2D eigenvalue weighted by Gasteiger charge is -2.30. The molecular formula is C14H26O7. The molecule has 7 heteroatoms. The van der Waals surface area contributed by atoms with Crippen molar-refractivity contribution in [3.05, 3.63) is 12.2 Å². The molecule has 0 saturated heterocycles. The van der Waals surface area contributed by atoms with Crippen LogP contribution in [0.4, 0.5) is 0 Å². The number of methoxy groups -OCH3 is 3. The fourth-order valence-corrected chi connectivity index (χ4v) is 1.68. The Morgan fingerprint density at radius 2 is 1.48 bits per heavy atom. The highest BCUT2D eigenvalue weighted by atomic mass is 16.7. The Morgan fingerprint density at radius 1 is 0.905 bits per heavy atom. The average molecular weight is 306 g/mol. The van der Waals surface area contributed by atoms with Crippen LogP contribution in [0, 0.1) is 0 Å². The Balaban J connectivity index is 4.76. The molecule has 0 bridgehead atoms. The molecule has 0 saturated carbocycles. The van der Waals surface area contributed by atoms with E-state index in [2.05, 4.69) is 0 Å². The summed E-state index contributed by atoms with van der Waals surface area (Å²) in [5, 5.41) is 0. The predicted octanol–water partition coefficient (Wildman–Crippen LogP) is 1.12. The Hall–Kier alpha value is -0.830. The molecule has 0 aliphatic rings. The van der Waals surface area contributed by atoms with Crippen molar-refractivity contribution in [3.8, 4) is 0 Å². The van der Waals surface area contributed by atoms with Gasteiger partial charge < -0.3 is 28.4 Å². The molecule has 0 heterocycles. The zero-order valence-electron chi connectivity index (χ0n) is 13.2. The molecule has 0 N–H and O–H groups in total. The van der Waals surface area contributed by atoms with Gasteiger partial charge in [-0.15, -0.1) is 0 Å². The van der Waals surface area contributed by atoms with Crippen molar-refractivity contribution in [1.82, 2.24) is 0 Å². The van der Waals surface area contributed by atoms with Crippen LogP contribution in [0.25, 0.3) is 0 Å². The van der Waals surface area contributed by atoms with Crippen LogP contribution in [0.15, 0.2) is 12.2 Å². The lowest BCUT2D eigenvalue weighted by atomic mass is 10.1. The van der Waals surface area contributed by atoms with Crippen molar-refractivity contribution in [2.75, 3.05) is 41.7 Å². The number of hydrogen-bond donors (Lipinski definition) is 0. The Bertz CT molecular complexity index is 270. The average Bonchev–Trinajstić information content (AvgIpc) is 2.50. The molecule has 0 aliphatic heterocycles. The van der Waals surface area contributed by atoms with E-state index in [0.717, 1.165) is 0 Å². The summed E-state index contributed by atoms with van der Waals surface area (Å²) in [5.74, 6) is 0. The van der Waals surface area contributed by atoms with Crippen LogP contribution in [0.2, 0.25) is 0 Å². The summed E-state index contributed by atoms with van der Waals surface area (Å²) < 4.78 is 31.5. The van der Waals surface area contributed by atoms with E-state index in [-0.39, 0.29) is 32.6 Å². The van der Waals surface area contributed by atoms with E-state index in [1.54, 1.807) is 13.2 Å². The fourth-order valence-electron chi connectivity index (χ4n) is 1.68. The molecule has 0 aromatic heterocycles. The number of allylic oxidation sites excluding steroid dienone is 1. The van der Waals surface area contributed by atoms with E-state index < -0.39 is 6.10 Å². The smallest absolute Gasteiger partial charge is 0.146 e. The SMILES string of the molecule is COCO[C@H]([C@@H](C)OCOC)[C@@H](C/C=C/C=O)OCOC. The molecule has 7 nitrogen and oxygen atoms in total. The summed E-state index contributed by atoms with van der Waals surface area (Å²) in [6.45, 7) is 2.22. The van der Waals surface area contributed by atoms with E-state index in [4.69, 9.17) is 28.4 Å². The number of ether oxygens (including phenoxy) is 6. The van der Waals surface area contributed by atoms with Crippen LogP contribution in [-0.2, 0) is 33.2 Å². The first-order valence-electron chi connectivity index (χ1n) is 6.63. The normalized spacial score (nSPS) is 16.0. The minimum Gasteiger partial charge on any atom is -0.359 e. The van der Waals surface area contributed by atoms with Gasteiger partial charge >= 0.3 is 0 Å². The summed E-state index contributed by atoms with van der Waals surface area (Å²) in [5.41, 5.74) is 0. The lowest BCUT2D eigenvalue weighted by molar-refractivity contribution is -0.202. The van der Waals surface area contributed by atoms with Gasteiger partial charge in [0.15, 0.2) is 0 Å². The minimum atomic E-state index is -0.397. The molecule has 0 fully saturated rings. The van der Waals surface area contributed by atoms with Gasteiger partial charge in [-0.1, -0.05) is 6.08 Å². The van der Waals surface area contributed by atoms with Gasteiger partial charge in [0.05, 0.1) is 12.2 Å². The van der Waals surface area contributed by atoms with Crippen molar-refractivity contribution in [1.29, 1.82) is 0 Å². The van der Waals surface area contributed by atoms with Crippen LogP contribution < -0.4 is 0 Å².